The molecule has 2 heterocycles. The predicted molar refractivity (Wildman–Crippen MR) is 85.9 cm³/mol. The van der Waals surface area contributed by atoms with Crippen molar-refractivity contribution in [3.63, 3.8) is 0 Å². The van der Waals surface area contributed by atoms with Crippen LogP contribution in [0.4, 0.5) is 4.39 Å². The third-order valence-electron chi connectivity index (χ3n) is 3.61. The molecule has 0 aliphatic rings. The maximum Gasteiger partial charge on any atom is 0.351 e. The molecule has 24 heavy (non-hydrogen) atoms. The van der Waals surface area contributed by atoms with Crippen LogP contribution in [0.25, 0.3) is 11.2 Å². The highest BCUT2D eigenvalue weighted by atomic mass is 31.2. The third kappa shape index (κ3) is 3.59. The van der Waals surface area contributed by atoms with Crippen LogP contribution in [-0.2, 0) is 9.30 Å². The lowest BCUT2D eigenvalue weighted by atomic mass is 10.0. The van der Waals surface area contributed by atoms with Gasteiger partial charge in [0, 0.05) is 5.57 Å². The van der Waals surface area contributed by atoms with E-state index in [4.69, 9.17) is 14.5 Å². The van der Waals surface area contributed by atoms with Crippen molar-refractivity contribution in [2.24, 2.45) is 0 Å². The Morgan fingerprint density at radius 3 is 2.79 bits per heavy atom. The number of nitrogens with zero attached hydrogens (tertiary/aromatic N) is 4. The van der Waals surface area contributed by atoms with Crippen molar-refractivity contribution in [2.75, 3.05) is 6.35 Å². The number of aryl methyl sites for hydroxylation is 1. The van der Waals surface area contributed by atoms with E-state index in [9.17, 15) is 8.96 Å². The van der Waals surface area contributed by atoms with Crippen molar-refractivity contribution in [1.82, 2.24) is 19.5 Å². The number of imidazole rings is 1. The highest BCUT2D eigenvalue weighted by Gasteiger charge is 2.37. The molecule has 0 aromatic carbocycles. The number of hydrogen-bond donors (Lipinski definition) is 2. The third-order valence-corrected chi connectivity index (χ3v) is 4.07. The Balaban J connectivity index is 2.34. The summed E-state index contributed by atoms with van der Waals surface area (Å²) < 4.78 is 32.2. The average Bonchev–Trinajstić information content (AvgIpc) is 2.96. The first-order valence-corrected chi connectivity index (χ1v) is 8.73. The Labute approximate surface area is 137 Å². The standard InChI is InChI=1S/C14H18FN4O4P/c1-5-14(15,23-8-24(20,21)22)9(2)11(4)19-7-18-12-10(3)16-6-17-13(12)19/h5-7,11H,1-2,8H2,3-4H3,(H2,20,21,22)/t11-,14+/m0/s1. The SMILES string of the molecule is C=C[C@@](F)(OCP(=O)(O)O)C(=C)[C@H](C)n1cnc2c(C)ncnc21. The summed E-state index contributed by atoms with van der Waals surface area (Å²) in [6.07, 6.45) is 2.55. The number of fused-ring (bicyclic) bond motifs is 1. The lowest BCUT2D eigenvalue weighted by Crippen LogP contribution is -2.31. The molecule has 0 aliphatic heterocycles. The minimum absolute atomic E-state index is 0.0958. The second-order valence-electron chi connectivity index (χ2n) is 5.27. The highest BCUT2D eigenvalue weighted by Crippen LogP contribution is 2.40. The highest BCUT2D eigenvalue weighted by molar-refractivity contribution is 7.51. The van der Waals surface area contributed by atoms with Gasteiger partial charge in [-0.2, -0.15) is 0 Å². The summed E-state index contributed by atoms with van der Waals surface area (Å²) in [6.45, 7) is 10.4. The van der Waals surface area contributed by atoms with Crippen molar-refractivity contribution in [2.45, 2.75) is 25.7 Å². The maximum atomic E-state index is 14.9. The average molecular weight is 356 g/mol. The molecule has 2 aromatic heterocycles. The van der Waals surface area contributed by atoms with Crippen LogP contribution < -0.4 is 0 Å². The van der Waals surface area contributed by atoms with Crippen molar-refractivity contribution in [3.8, 4) is 0 Å². The van der Waals surface area contributed by atoms with Crippen LogP contribution in [0.5, 0.6) is 0 Å². The van der Waals surface area contributed by atoms with Crippen LogP contribution in [0.1, 0.15) is 18.7 Å². The van der Waals surface area contributed by atoms with Crippen LogP contribution in [-0.4, -0.2) is 41.5 Å². The fourth-order valence-corrected chi connectivity index (χ4v) is 2.52. The van der Waals surface area contributed by atoms with Gasteiger partial charge in [-0.25, -0.2) is 19.3 Å². The second-order valence-corrected chi connectivity index (χ2v) is 6.86. The Hall–Kier alpha value is -1.93. The number of hydrogen-bond acceptors (Lipinski definition) is 5. The number of rotatable bonds is 7. The van der Waals surface area contributed by atoms with E-state index in [2.05, 4.69) is 28.1 Å². The van der Waals surface area contributed by atoms with Crippen LogP contribution in [0.2, 0.25) is 0 Å². The van der Waals surface area contributed by atoms with Gasteiger partial charge in [0.25, 0.3) is 5.85 Å². The quantitative estimate of drug-likeness (QED) is 0.578. The lowest BCUT2D eigenvalue weighted by Gasteiger charge is -2.29. The van der Waals surface area contributed by atoms with Gasteiger partial charge in [-0.15, -0.1) is 0 Å². The maximum absolute atomic E-state index is 14.9. The molecule has 0 amide bonds. The first-order valence-electron chi connectivity index (χ1n) is 6.93. The fourth-order valence-electron chi connectivity index (χ4n) is 2.17. The van der Waals surface area contributed by atoms with Gasteiger partial charge < -0.3 is 19.1 Å². The number of aromatic nitrogens is 4. The predicted octanol–water partition coefficient (Wildman–Crippen LogP) is 2.26. The van der Waals surface area contributed by atoms with E-state index in [-0.39, 0.29) is 5.57 Å². The van der Waals surface area contributed by atoms with E-state index in [1.54, 1.807) is 18.4 Å². The molecule has 10 heteroatoms. The zero-order valence-corrected chi connectivity index (χ0v) is 14.2. The Bertz CT molecular complexity index is 833. The smallest absolute Gasteiger partial charge is 0.326 e. The van der Waals surface area contributed by atoms with Gasteiger partial charge in [0.2, 0.25) is 0 Å². The van der Waals surface area contributed by atoms with Gasteiger partial charge in [0.15, 0.2) is 12.0 Å². The summed E-state index contributed by atoms with van der Waals surface area (Å²) in [7, 11) is -4.54. The first-order chi connectivity index (χ1) is 11.1. The number of alkyl halides is 1. The van der Waals surface area contributed by atoms with Gasteiger partial charge >= 0.3 is 7.60 Å². The van der Waals surface area contributed by atoms with Crippen LogP contribution in [0.3, 0.4) is 0 Å². The van der Waals surface area contributed by atoms with Gasteiger partial charge in [-0.05, 0) is 19.9 Å². The molecule has 2 N–H and O–H groups in total. The van der Waals surface area contributed by atoms with Crippen molar-refractivity contribution in [3.05, 3.63) is 43.2 Å². The topological polar surface area (TPSA) is 110 Å². The second kappa shape index (κ2) is 6.52. The molecule has 2 rings (SSSR count). The molecule has 0 fully saturated rings. The molecule has 0 bridgehead atoms. The summed E-state index contributed by atoms with van der Waals surface area (Å²) in [5.41, 5.74) is 1.62. The molecule has 0 spiro atoms. The van der Waals surface area contributed by atoms with E-state index < -0.39 is 25.8 Å². The van der Waals surface area contributed by atoms with Gasteiger partial charge in [-0.3, -0.25) is 4.57 Å². The molecule has 0 aliphatic carbocycles. The molecule has 130 valence electrons. The molecule has 8 nitrogen and oxygen atoms in total. The van der Waals surface area contributed by atoms with Crippen molar-refractivity contribution < 1.29 is 23.5 Å². The van der Waals surface area contributed by atoms with Gasteiger partial charge in [0.05, 0.1) is 18.1 Å². The van der Waals surface area contributed by atoms with E-state index in [1.165, 1.54) is 12.7 Å². The molecular formula is C14H18FN4O4P. The van der Waals surface area contributed by atoms with Gasteiger partial charge in [0.1, 0.15) is 11.8 Å². The molecule has 0 radical (unpaired) electrons. The van der Waals surface area contributed by atoms with Crippen molar-refractivity contribution >= 4 is 18.8 Å². The molecule has 0 saturated carbocycles. The molecule has 0 unspecified atom stereocenters. The number of halogens is 1. The fraction of sp³-hybridized carbons (Fsp3) is 0.357. The summed E-state index contributed by atoms with van der Waals surface area (Å²) in [5, 5.41) is 0. The minimum Gasteiger partial charge on any atom is -0.326 e. The summed E-state index contributed by atoms with van der Waals surface area (Å²) in [4.78, 5) is 30.1. The molecule has 2 atom stereocenters. The van der Waals surface area contributed by atoms with Gasteiger partial charge in [-0.1, -0.05) is 13.2 Å². The van der Waals surface area contributed by atoms with Crippen molar-refractivity contribution in [1.29, 1.82) is 0 Å². The Kier molecular flexibility index (Phi) is 5.00. The molecule has 0 saturated heterocycles. The van der Waals surface area contributed by atoms with E-state index in [1.807, 2.05) is 0 Å². The van der Waals surface area contributed by atoms with E-state index >= 15 is 0 Å². The van der Waals surface area contributed by atoms with Crippen LogP contribution in [0, 0.1) is 6.92 Å². The largest absolute Gasteiger partial charge is 0.351 e. The normalized spacial score (nSPS) is 15.9. The number of ether oxygens (including phenoxy) is 1. The zero-order chi connectivity index (χ0) is 18.1. The summed E-state index contributed by atoms with van der Waals surface area (Å²) in [6, 6.07) is -0.663. The van der Waals surface area contributed by atoms with E-state index in [0.29, 0.717) is 16.9 Å². The molecular weight excluding hydrogens is 338 g/mol. The monoisotopic (exact) mass is 356 g/mol. The molecule has 2 aromatic rings. The van der Waals surface area contributed by atoms with Crippen LogP contribution in [0.15, 0.2) is 37.5 Å². The van der Waals surface area contributed by atoms with Crippen LogP contribution >= 0.6 is 7.60 Å². The Morgan fingerprint density at radius 1 is 1.54 bits per heavy atom. The zero-order valence-electron chi connectivity index (χ0n) is 13.3. The summed E-state index contributed by atoms with van der Waals surface area (Å²) in [5.74, 6) is -2.61. The van der Waals surface area contributed by atoms with E-state index in [0.717, 1.165) is 6.08 Å². The Morgan fingerprint density at radius 2 is 2.21 bits per heavy atom. The first kappa shape index (κ1) is 18.4. The summed E-state index contributed by atoms with van der Waals surface area (Å²) >= 11 is 0. The lowest BCUT2D eigenvalue weighted by molar-refractivity contribution is -0.0666. The minimum atomic E-state index is -4.54.